The van der Waals surface area contributed by atoms with Gasteiger partial charge in [-0.3, -0.25) is 4.79 Å². The summed E-state index contributed by atoms with van der Waals surface area (Å²) in [6.45, 7) is 0.0894. The highest BCUT2D eigenvalue weighted by Crippen LogP contribution is 2.29. The van der Waals surface area contributed by atoms with E-state index < -0.39 is 11.9 Å². The molecule has 0 spiro atoms. The SMILES string of the molecule is C#CCOc1ccc(/C=C(\C#N)C(=O)Nc2ccc(C(=O)OC)cc2)cc1OC. The van der Waals surface area contributed by atoms with Gasteiger partial charge in [0.05, 0.1) is 19.8 Å². The third-order valence-corrected chi connectivity index (χ3v) is 3.74. The first kappa shape index (κ1) is 21.1. The fourth-order valence-electron chi connectivity index (χ4n) is 2.33. The predicted molar refractivity (Wildman–Crippen MR) is 107 cm³/mol. The average Bonchev–Trinajstić information content (AvgIpc) is 2.76. The Bertz CT molecular complexity index is 1010. The summed E-state index contributed by atoms with van der Waals surface area (Å²) in [6.07, 6.45) is 6.60. The van der Waals surface area contributed by atoms with E-state index in [0.717, 1.165) is 0 Å². The first-order valence-electron chi connectivity index (χ1n) is 8.38. The number of methoxy groups -OCH3 is 2. The van der Waals surface area contributed by atoms with E-state index in [2.05, 4.69) is 16.0 Å². The second-order valence-corrected chi connectivity index (χ2v) is 5.60. The van der Waals surface area contributed by atoms with Crippen LogP contribution in [0, 0.1) is 23.7 Å². The topological polar surface area (TPSA) is 97.7 Å². The summed E-state index contributed by atoms with van der Waals surface area (Å²) < 4.78 is 15.2. The second-order valence-electron chi connectivity index (χ2n) is 5.60. The Morgan fingerprint density at radius 2 is 1.86 bits per heavy atom. The van der Waals surface area contributed by atoms with Gasteiger partial charge in [0.1, 0.15) is 18.2 Å². The van der Waals surface area contributed by atoms with Gasteiger partial charge in [0.15, 0.2) is 11.5 Å². The number of benzene rings is 2. The molecule has 0 heterocycles. The Kier molecular flexibility index (Phi) is 7.41. The van der Waals surface area contributed by atoms with Crippen LogP contribution >= 0.6 is 0 Å². The number of hydrogen-bond donors (Lipinski definition) is 1. The summed E-state index contributed by atoms with van der Waals surface area (Å²) in [6, 6.07) is 12.9. The predicted octanol–water partition coefficient (Wildman–Crippen LogP) is 3.04. The van der Waals surface area contributed by atoms with Crippen molar-refractivity contribution in [2.75, 3.05) is 26.1 Å². The molecule has 146 valence electrons. The molecule has 0 fully saturated rings. The molecule has 0 unspecified atom stereocenters. The van der Waals surface area contributed by atoms with Gasteiger partial charge in [-0.05, 0) is 48.0 Å². The van der Waals surface area contributed by atoms with Gasteiger partial charge in [-0.25, -0.2) is 4.79 Å². The average molecular weight is 390 g/mol. The molecule has 0 radical (unpaired) electrons. The second kappa shape index (κ2) is 10.2. The van der Waals surface area contributed by atoms with Gasteiger partial charge in [0.25, 0.3) is 5.91 Å². The number of hydrogen-bond acceptors (Lipinski definition) is 6. The maximum Gasteiger partial charge on any atom is 0.337 e. The maximum atomic E-state index is 12.4. The van der Waals surface area contributed by atoms with Crippen LogP contribution in [0.2, 0.25) is 0 Å². The molecular weight excluding hydrogens is 372 g/mol. The minimum Gasteiger partial charge on any atom is -0.493 e. The Morgan fingerprint density at radius 1 is 1.14 bits per heavy atom. The Labute approximate surface area is 168 Å². The number of esters is 1. The molecule has 2 aromatic rings. The normalized spacial score (nSPS) is 10.3. The molecule has 0 saturated heterocycles. The van der Waals surface area contributed by atoms with Crippen molar-refractivity contribution in [2.45, 2.75) is 0 Å². The highest BCUT2D eigenvalue weighted by molar-refractivity contribution is 6.09. The van der Waals surface area contributed by atoms with E-state index in [-0.39, 0.29) is 12.2 Å². The zero-order valence-electron chi connectivity index (χ0n) is 15.9. The van der Waals surface area contributed by atoms with Gasteiger partial charge in [-0.1, -0.05) is 12.0 Å². The maximum absolute atomic E-state index is 12.4. The molecule has 2 aromatic carbocycles. The van der Waals surface area contributed by atoms with Crippen LogP contribution < -0.4 is 14.8 Å². The van der Waals surface area contributed by atoms with E-state index in [0.29, 0.717) is 28.3 Å². The lowest BCUT2D eigenvalue weighted by molar-refractivity contribution is -0.112. The van der Waals surface area contributed by atoms with E-state index in [9.17, 15) is 14.9 Å². The van der Waals surface area contributed by atoms with Gasteiger partial charge in [-0.2, -0.15) is 5.26 Å². The minimum atomic E-state index is -0.593. The number of nitrogens with zero attached hydrogens (tertiary/aromatic N) is 1. The number of carbonyl (C=O) groups excluding carboxylic acids is 2. The zero-order chi connectivity index (χ0) is 21.2. The Morgan fingerprint density at radius 3 is 2.45 bits per heavy atom. The number of nitrogens with one attached hydrogen (secondary N) is 1. The highest BCUT2D eigenvalue weighted by atomic mass is 16.5. The van der Waals surface area contributed by atoms with E-state index in [4.69, 9.17) is 15.9 Å². The molecule has 0 aliphatic heterocycles. The van der Waals surface area contributed by atoms with E-state index in [1.165, 1.54) is 32.4 Å². The van der Waals surface area contributed by atoms with Gasteiger partial charge in [0, 0.05) is 5.69 Å². The Balaban J connectivity index is 2.18. The van der Waals surface area contributed by atoms with Gasteiger partial charge < -0.3 is 19.5 Å². The molecular formula is C22H18N2O5. The largest absolute Gasteiger partial charge is 0.493 e. The number of amides is 1. The summed E-state index contributed by atoms with van der Waals surface area (Å²) in [7, 11) is 2.76. The van der Waals surface area contributed by atoms with Crippen LogP contribution in [-0.2, 0) is 9.53 Å². The summed E-state index contributed by atoms with van der Waals surface area (Å²) in [5, 5.41) is 12.0. The lowest BCUT2D eigenvalue weighted by atomic mass is 10.1. The quantitative estimate of drug-likeness (QED) is 0.338. The van der Waals surface area contributed by atoms with Crippen molar-refractivity contribution in [1.29, 1.82) is 5.26 Å². The van der Waals surface area contributed by atoms with Crippen LogP contribution in [0.4, 0.5) is 5.69 Å². The molecule has 1 amide bonds. The summed E-state index contributed by atoms with van der Waals surface area (Å²) in [5.74, 6) is 2.16. The fraction of sp³-hybridized carbons (Fsp3) is 0.136. The zero-order valence-corrected chi connectivity index (χ0v) is 15.9. The lowest BCUT2D eigenvalue weighted by Crippen LogP contribution is -2.13. The lowest BCUT2D eigenvalue weighted by Gasteiger charge is -2.09. The van der Waals surface area contributed by atoms with Crippen LogP contribution in [-0.4, -0.2) is 32.7 Å². The van der Waals surface area contributed by atoms with Crippen LogP contribution in [0.15, 0.2) is 48.0 Å². The van der Waals surface area contributed by atoms with E-state index in [1.807, 2.05) is 6.07 Å². The summed E-state index contributed by atoms with van der Waals surface area (Å²) in [5.41, 5.74) is 1.24. The molecule has 0 bridgehead atoms. The van der Waals surface area contributed by atoms with Crippen molar-refractivity contribution >= 4 is 23.6 Å². The molecule has 0 aliphatic rings. The summed E-state index contributed by atoms with van der Waals surface area (Å²) in [4.78, 5) is 23.9. The minimum absolute atomic E-state index is 0.0894. The summed E-state index contributed by atoms with van der Waals surface area (Å²) >= 11 is 0. The number of carbonyl (C=O) groups is 2. The molecule has 7 heteroatoms. The van der Waals surface area contributed by atoms with Crippen LogP contribution in [0.25, 0.3) is 6.08 Å². The van der Waals surface area contributed by atoms with Crippen molar-refractivity contribution < 1.29 is 23.8 Å². The van der Waals surface area contributed by atoms with Crippen LogP contribution in [0.3, 0.4) is 0 Å². The number of nitriles is 1. The van der Waals surface area contributed by atoms with Gasteiger partial charge >= 0.3 is 5.97 Å². The van der Waals surface area contributed by atoms with Crippen molar-refractivity contribution in [1.82, 2.24) is 0 Å². The monoisotopic (exact) mass is 390 g/mol. The molecule has 0 aromatic heterocycles. The van der Waals surface area contributed by atoms with Crippen molar-refractivity contribution in [3.63, 3.8) is 0 Å². The first-order chi connectivity index (χ1) is 14.0. The molecule has 7 nitrogen and oxygen atoms in total. The first-order valence-corrected chi connectivity index (χ1v) is 8.38. The smallest absolute Gasteiger partial charge is 0.337 e. The number of terminal acetylenes is 1. The van der Waals surface area contributed by atoms with Gasteiger partial charge in [0.2, 0.25) is 0 Å². The Hall–Kier alpha value is -4.23. The third-order valence-electron chi connectivity index (χ3n) is 3.74. The molecule has 0 aliphatic carbocycles. The number of ether oxygens (including phenoxy) is 3. The van der Waals surface area contributed by atoms with Gasteiger partial charge in [-0.15, -0.1) is 6.42 Å². The van der Waals surface area contributed by atoms with E-state index in [1.54, 1.807) is 30.3 Å². The molecule has 2 rings (SSSR count). The van der Waals surface area contributed by atoms with E-state index >= 15 is 0 Å². The molecule has 1 N–H and O–H groups in total. The number of rotatable bonds is 7. The third kappa shape index (κ3) is 5.62. The van der Waals surface area contributed by atoms with Crippen LogP contribution in [0.5, 0.6) is 11.5 Å². The van der Waals surface area contributed by atoms with Crippen molar-refractivity contribution in [2.24, 2.45) is 0 Å². The number of anilines is 1. The molecule has 29 heavy (non-hydrogen) atoms. The highest BCUT2D eigenvalue weighted by Gasteiger charge is 2.12. The standard InChI is InChI=1S/C22H18N2O5/c1-4-11-29-19-10-5-15(13-20(19)27-2)12-17(14-23)21(25)24-18-8-6-16(7-9-18)22(26)28-3/h1,5-10,12-13H,11H2,2-3H3,(H,24,25)/b17-12+. The van der Waals surface area contributed by atoms with Crippen molar-refractivity contribution in [3.05, 3.63) is 59.2 Å². The van der Waals surface area contributed by atoms with Crippen molar-refractivity contribution in [3.8, 4) is 29.9 Å². The molecule has 0 saturated carbocycles. The van der Waals surface area contributed by atoms with Crippen LogP contribution in [0.1, 0.15) is 15.9 Å². The fourth-order valence-corrected chi connectivity index (χ4v) is 2.33. The molecule has 0 atom stereocenters.